The Bertz CT molecular complexity index is 454. The fourth-order valence-corrected chi connectivity index (χ4v) is 4.12. The number of aryl methyl sites for hydroxylation is 1. The standard InChI is InChI=1S/C20H33N3/c1-3-12-22-13-10-20(11-14-22)23-15-8-19(9-16-23)21-18-6-4-17(2)5-7-18/h4-7,19-21H,3,8-16H2,1-2H3. The molecule has 2 heterocycles. The van der Waals surface area contributed by atoms with Crippen LogP contribution in [0.25, 0.3) is 0 Å². The normalized spacial score (nSPS) is 22.3. The average Bonchev–Trinajstić information content (AvgIpc) is 2.59. The number of rotatable bonds is 5. The van der Waals surface area contributed by atoms with E-state index in [-0.39, 0.29) is 0 Å². The molecule has 1 N–H and O–H groups in total. The molecule has 2 fully saturated rings. The summed E-state index contributed by atoms with van der Waals surface area (Å²) >= 11 is 0. The zero-order chi connectivity index (χ0) is 16.1. The van der Waals surface area contributed by atoms with Crippen molar-refractivity contribution >= 4 is 5.69 Å². The molecule has 2 saturated heterocycles. The van der Waals surface area contributed by atoms with Gasteiger partial charge < -0.3 is 15.1 Å². The molecule has 0 atom stereocenters. The van der Waals surface area contributed by atoms with E-state index in [0.717, 1.165) is 6.04 Å². The molecule has 0 spiro atoms. The summed E-state index contributed by atoms with van der Waals surface area (Å²) in [5, 5.41) is 3.72. The molecule has 0 saturated carbocycles. The van der Waals surface area contributed by atoms with Crippen LogP contribution in [0.15, 0.2) is 24.3 Å². The second kappa shape index (κ2) is 8.16. The lowest BCUT2D eigenvalue weighted by molar-refractivity contribution is 0.0898. The Balaban J connectivity index is 1.41. The van der Waals surface area contributed by atoms with E-state index >= 15 is 0 Å². The molecule has 0 aliphatic carbocycles. The minimum Gasteiger partial charge on any atom is -0.382 e. The van der Waals surface area contributed by atoms with Crippen LogP contribution in [0.1, 0.15) is 44.6 Å². The molecule has 1 aromatic carbocycles. The summed E-state index contributed by atoms with van der Waals surface area (Å²) in [5.41, 5.74) is 2.61. The molecule has 3 heteroatoms. The van der Waals surface area contributed by atoms with E-state index in [9.17, 15) is 0 Å². The molecule has 3 nitrogen and oxygen atoms in total. The smallest absolute Gasteiger partial charge is 0.0342 e. The minimum absolute atomic E-state index is 0.647. The van der Waals surface area contributed by atoms with Crippen LogP contribution in [0.5, 0.6) is 0 Å². The Morgan fingerprint density at radius 3 is 2.22 bits per heavy atom. The number of nitrogens with zero attached hydrogens (tertiary/aromatic N) is 2. The zero-order valence-corrected chi connectivity index (χ0v) is 14.9. The highest BCUT2D eigenvalue weighted by Gasteiger charge is 2.27. The van der Waals surface area contributed by atoms with E-state index in [1.54, 1.807) is 0 Å². The predicted molar refractivity (Wildman–Crippen MR) is 99.1 cm³/mol. The summed E-state index contributed by atoms with van der Waals surface area (Å²) in [6.45, 7) is 10.9. The first-order valence-corrected chi connectivity index (χ1v) is 9.54. The van der Waals surface area contributed by atoms with Gasteiger partial charge in [0.25, 0.3) is 0 Å². The van der Waals surface area contributed by atoms with Crippen LogP contribution >= 0.6 is 0 Å². The molecule has 0 bridgehead atoms. The Hall–Kier alpha value is -1.06. The fourth-order valence-electron chi connectivity index (χ4n) is 4.12. The lowest BCUT2D eigenvalue weighted by atomic mass is 9.97. The number of benzene rings is 1. The number of nitrogens with one attached hydrogen (secondary N) is 1. The number of hydrogen-bond acceptors (Lipinski definition) is 3. The van der Waals surface area contributed by atoms with E-state index in [1.165, 1.54) is 76.1 Å². The van der Waals surface area contributed by atoms with Crippen LogP contribution in [0.4, 0.5) is 5.69 Å². The van der Waals surface area contributed by atoms with Gasteiger partial charge in [0.05, 0.1) is 0 Å². The largest absolute Gasteiger partial charge is 0.382 e. The van der Waals surface area contributed by atoms with Crippen molar-refractivity contribution < 1.29 is 0 Å². The topological polar surface area (TPSA) is 18.5 Å². The van der Waals surface area contributed by atoms with Crippen molar-refractivity contribution in [1.82, 2.24) is 9.80 Å². The van der Waals surface area contributed by atoms with Crippen LogP contribution in [0.3, 0.4) is 0 Å². The van der Waals surface area contributed by atoms with Gasteiger partial charge in [0, 0.05) is 30.9 Å². The summed E-state index contributed by atoms with van der Waals surface area (Å²) in [6, 6.07) is 10.3. The van der Waals surface area contributed by atoms with E-state index < -0.39 is 0 Å². The molecular weight excluding hydrogens is 282 g/mol. The highest BCUT2D eigenvalue weighted by Crippen LogP contribution is 2.23. The van der Waals surface area contributed by atoms with Gasteiger partial charge in [0.2, 0.25) is 0 Å². The van der Waals surface area contributed by atoms with Gasteiger partial charge in [-0.2, -0.15) is 0 Å². The van der Waals surface area contributed by atoms with Gasteiger partial charge in [-0.1, -0.05) is 24.6 Å². The third kappa shape index (κ3) is 4.71. The highest BCUT2D eigenvalue weighted by molar-refractivity contribution is 5.45. The average molecular weight is 316 g/mol. The van der Waals surface area contributed by atoms with Crippen molar-refractivity contribution in [2.24, 2.45) is 0 Å². The first kappa shape index (κ1) is 16.8. The Morgan fingerprint density at radius 2 is 1.61 bits per heavy atom. The van der Waals surface area contributed by atoms with Crippen molar-refractivity contribution in [3.63, 3.8) is 0 Å². The predicted octanol–water partition coefficient (Wildman–Crippen LogP) is 3.75. The van der Waals surface area contributed by atoms with Gasteiger partial charge in [0.15, 0.2) is 0 Å². The summed E-state index contributed by atoms with van der Waals surface area (Å²) < 4.78 is 0. The SMILES string of the molecule is CCCN1CCC(N2CCC(Nc3ccc(C)cc3)CC2)CC1. The van der Waals surface area contributed by atoms with Crippen LogP contribution in [-0.2, 0) is 0 Å². The maximum atomic E-state index is 3.72. The maximum absolute atomic E-state index is 3.72. The Kier molecular flexibility index (Phi) is 5.96. The van der Waals surface area contributed by atoms with E-state index in [1.807, 2.05) is 0 Å². The quantitative estimate of drug-likeness (QED) is 0.893. The van der Waals surface area contributed by atoms with Crippen molar-refractivity contribution in [1.29, 1.82) is 0 Å². The highest BCUT2D eigenvalue weighted by atomic mass is 15.2. The molecule has 128 valence electrons. The monoisotopic (exact) mass is 315 g/mol. The lowest BCUT2D eigenvalue weighted by Crippen LogP contribution is -2.49. The third-order valence-electron chi connectivity index (χ3n) is 5.57. The van der Waals surface area contributed by atoms with Gasteiger partial charge in [-0.3, -0.25) is 0 Å². The van der Waals surface area contributed by atoms with Crippen molar-refractivity contribution in [2.75, 3.05) is 38.0 Å². The number of anilines is 1. The lowest BCUT2D eigenvalue weighted by Gasteiger charge is -2.42. The molecule has 2 aliphatic heterocycles. The molecule has 2 aliphatic rings. The van der Waals surface area contributed by atoms with Crippen molar-refractivity contribution in [3.05, 3.63) is 29.8 Å². The van der Waals surface area contributed by atoms with Gasteiger partial charge in [-0.05, 0) is 70.8 Å². The van der Waals surface area contributed by atoms with Crippen LogP contribution in [-0.4, -0.2) is 54.6 Å². The molecule has 0 aromatic heterocycles. The summed E-state index contributed by atoms with van der Waals surface area (Å²) in [7, 11) is 0. The molecule has 23 heavy (non-hydrogen) atoms. The van der Waals surface area contributed by atoms with Crippen molar-refractivity contribution in [2.45, 2.75) is 58.0 Å². The Labute approximate surface area is 142 Å². The number of likely N-dealkylation sites (tertiary alicyclic amines) is 2. The molecule has 0 amide bonds. The minimum atomic E-state index is 0.647. The van der Waals surface area contributed by atoms with Gasteiger partial charge in [-0.25, -0.2) is 0 Å². The number of piperidine rings is 2. The van der Waals surface area contributed by atoms with Crippen LogP contribution in [0.2, 0.25) is 0 Å². The summed E-state index contributed by atoms with van der Waals surface area (Å²) in [5.74, 6) is 0. The molecule has 3 rings (SSSR count). The van der Waals surface area contributed by atoms with Gasteiger partial charge in [0.1, 0.15) is 0 Å². The third-order valence-corrected chi connectivity index (χ3v) is 5.57. The zero-order valence-electron chi connectivity index (χ0n) is 14.9. The van der Waals surface area contributed by atoms with Crippen molar-refractivity contribution in [3.8, 4) is 0 Å². The number of hydrogen-bond donors (Lipinski definition) is 1. The first-order valence-electron chi connectivity index (χ1n) is 9.54. The Morgan fingerprint density at radius 1 is 0.957 bits per heavy atom. The summed E-state index contributed by atoms with van der Waals surface area (Å²) in [6.07, 6.45) is 6.60. The second-order valence-corrected chi connectivity index (χ2v) is 7.39. The molecule has 0 radical (unpaired) electrons. The van der Waals surface area contributed by atoms with Crippen LogP contribution < -0.4 is 5.32 Å². The van der Waals surface area contributed by atoms with Gasteiger partial charge >= 0.3 is 0 Å². The van der Waals surface area contributed by atoms with E-state index in [2.05, 4.69) is 53.2 Å². The van der Waals surface area contributed by atoms with E-state index in [4.69, 9.17) is 0 Å². The van der Waals surface area contributed by atoms with Gasteiger partial charge in [-0.15, -0.1) is 0 Å². The second-order valence-electron chi connectivity index (χ2n) is 7.39. The fraction of sp³-hybridized carbons (Fsp3) is 0.700. The van der Waals surface area contributed by atoms with E-state index in [0.29, 0.717) is 6.04 Å². The molecule has 0 unspecified atom stereocenters. The summed E-state index contributed by atoms with van der Waals surface area (Å²) in [4.78, 5) is 5.40. The molecule has 1 aromatic rings. The first-order chi connectivity index (χ1) is 11.2. The molecular formula is C20H33N3. The maximum Gasteiger partial charge on any atom is 0.0342 e. The van der Waals surface area contributed by atoms with Crippen LogP contribution in [0, 0.1) is 6.92 Å².